The maximum absolute atomic E-state index is 12.1. The van der Waals surface area contributed by atoms with Gasteiger partial charge in [-0.1, -0.05) is 0 Å². The van der Waals surface area contributed by atoms with Gasteiger partial charge < -0.3 is 14.8 Å². The topological polar surface area (TPSA) is 84.9 Å². The van der Waals surface area contributed by atoms with E-state index in [1.807, 2.05) is 0 Å². The quantitative estimate of drug-likeness (QED) is 0.771. The zero-order chi connectivity index (χ0) is 15.3. The van der Waals surface area contributed by atoms with Crippen molar-refractivity contribution < 1.29 is 23.9 Å². The molecule has 7 nitrogen and oxygen atoms in total. The molecule has 0 aromatic carbocycles. The van der Waals surface area contributed by atoms with Crippen LogP contribution in [0.4, 0.5) is 4.79 Å². The highest BCUT2D eigenvalue weighted by atomic mass is 16.6. The molecule has 1 aliphatic rings. The van der Waals surface area contributed by atoms with E-state index >= 15 is 0 Å². The summed E-state index contributed by atoms with van der Waals surface area (Å²) < 4.78 is 10.1. The maximum atomic E-state index is 12.1. The molecule has 1 atom stereocenters. The second-order valence-corrected chi connectivity index (χ2v) is 5.49. The molecule has 7 heteroatoms. The van der Waals surface area contributed by atoms with Gasteiger partial charge in [-0.25, -0.2) is 4.79 Å². The first-order chi connectivity index (χ1) is 9.24. The lowest BCUT2D eigenvalue weighted by molar-refractivity contribution is -0.147. The third-order valence-electron chi connectivity index (χ3n) is 2.62. The SMILES string of the molecule is CCOC(=O)C[C@H]1C(=O)NCCN1C(=O)OC(C)(C)C. The molecule has 20 heavy (non-hydrogen) atoms. The Kier molecular flexibility index (Phi) is 5.35. The molecule has 0 aromatic heterocycles. The van der Waals surface area contributed by atoms with Gasteiger partial charge in [0, 0.05) is 13.1 Å². The first kappa shape index (κ1) is 16.3. The molecule has 0 aliphatic carbocycles. The van der Waals surface area contributed by atoms with Crippen LogP contribution >= 0.6 is 0 Å². The highest BCUT2D eigenvalue weighted by Crippen LogP contribution is 2.16. The van der Waals surface area contributed by atoms with Crippen LogP contribution in [0.1, 0.15) is 34.1 Å². The van der Waals surface area contributed by atoms with Gasteiger partial charge >= 0.3 is 12.1 Å². The fourth-order valence-corrected chi connectivity index (χ4v) is 1.83. The number of nitrogens with zero attached hydrogens (tertiary/aromatic N) is 1. The Hall–Kier alpha value is -1.79. The highest BCUT2D eigenvalue weighted by Gasteiger charge is 2.37. The number of ether oxygens (including phenoxy) is 2. The lowest BCUT2D eigenvalue weighted by atomic mass is 10.1. The van der Waals surface area contributed by atoms with Crippen molar-refractivity contribution in [1.29, 1.82) is 0 Å². The van der Waals surface area contributed by atoms with Gasteiger partial charge in [-0.2, -0.15) is 0 Å². The van der Waals surface area contributed by atoms with E-state index in [0.717, 1.165) is 0 Å². The van der Waals surface area contributed by atoms with Gasteiger partial charge in [0.05, 0.1) is 13.0 Å². The lowest BCUT2D eigenvalue weighted by Crippen LogP contribution is -2.58. The van der Waals surface area contributed by atoms with E-state index in [9.17, 15) is 14.4 Å². The second kappa shape index (κ2) is 6.58. The van der Waals surface area contributed by atoms with Crippen molar-refractivity contribution in [3.05, 3.63) is 0 Å². The van der Waals surface area contributed by atoms with Gasteiger partial charge in [0.1, 0.15) is 11.6 Å². The zero-order valence-corrected chi connectivity index (χ0v) is 12.4. The van der Waals surface area contributed by atoms with Gasteiger partial charge in [-0.15, -0.1) is 0 Å². The molecule has 1 N–H and O–H groups in total. The number of carbonyl (C=O) groups excluding carboxylic acids is 3. The Labute approximate surface area is 118 Å². The van der Waals surface area contributed by atoms with E-state index in [-0.39, 0.29) is 18.9 Å². The number of amides is 2. The highest BCUT2D eigenvalue weighted by molar-refractivity contribution is 5.90. The molecule has 1 aliphatic heterocycles. The van der Waals surface area contributed by atoms with Crippen molar-refractivity contribution in [1.82, 2.24) is 10.2 Å². The van der Waals surface area contributed by atoms with Crippen LogP contribution in [0.15, 0.2) is 0 Å². The third kappa shape index (κ3) is 4.71. The predicted octanol–water partition coefficient (Wildman–Crippen LogP) is 0.675. The summed E-state index contributed by atoms with van der Waals surface area (Å²) in [7, 11) is 0. The molecule has 114 valence electrons. The van der Waals surface area contributed by atoms with Crippen LogP contribution in [-0.2, 0) is 19.1 Å². The fraction of sp³-hybridized carbons (Fsp3) is 0.769. The van der Waals surface area contributed by atoms with Gasteiger partial charge in [0.15, 0.2) is 0 Å². The molecule has 1 saturated heterocycles. The van der Waals surface area contributed by atoms with Crippen molar-refractivity contribution >= 4 is 18.0 Å². The fourth-order valence-electron chi connectivity index (χ4n) is 1.83. The van der Waals surface area contributed by atoms with Crippen LogP contribution < -0.4 is 5.32 Å². The van der Waals surface area contributed by atoms with Gasteiger partial charge in [-0.3, -0.25) is 14.5 Å². The lowest BCUT2D eigenvalue weighted by Gasteiger charge is -2.35. The van der Waals surface area contributed by atoms with E-state index in [1.54, 1.807) is 27.7 Å². The van der Waals surface area contributed by atoms with E-state index in [1.165, 1.54) is 4.90 Å². The summed E-state index contributed by atoms with van der Waals surface area (Å²) in [5.74, 6) is -0.877. The van der Waals surface area contributed by atoms with Crippen LogP contribution in [0.25, 0.3) is 0 Å². The third-order valence-corrected chi connectivity index (χ3v) is 2.62. The Bertz CT molecular complexity index is 389. The Morgan fingerprint density at radius 2 is 2.05 bits per heavy atom. The van der Waals surface area contributed by atoms with Crippen molar-refractivity contribution in [2.45, 2.75) is 45.8 Å². The van der Waals surface area contributed by atoms with Gasteiger partial charge in [-0.05, 0) is 27.7 Å². The molecule has 0 aromatic rings. The molecule has 0 spiro atoms. The maximum Gasteiger partial charge on any atom is 0.411 e. The Morgan fingerprint density at radius 3 is 2.60 bits per heavy atom. The summed E-state index contributed by atoms with van der Waals surface area (Å²) in [4.78, 5) is 36.7. The molecule has 1 rings (SSSR count). The summed E-state index contributed by atoms with van der Waals surface area (Å²) >= 11 is 0. The molecule has 1 fully saturated rings. The number of nitrogens with one attached hydrogen (secondary N) is 1. The first-order valence-corrected chi connectivity index (χ1v) is 6.67. The van der Waals surface area contributed by atoms with Crippen molar-refractivity contribution in [3.63, 3.8) is 0 Å². The average Bonchev–Trinajstić information content (AvgIpc) is 2.29. The van der Waals surface area contributed by atoms with E-state index in [4.69, 9.17) is 9.47 Å². The summed E-state index contributed by atoms with van der Waals surface area (Å²) in [5.41, 5.74) is -0.653. The molecule has 2 amide bonds. The molecule has 0 unspecified atom stereocenters. The minimum absolute atomic E-state index is 0.168. The largest absolute Gasteiger partial charge is 0.466 e. The number of carbonyl (C=O) groups is 3. The number of piperazine rings is 1. The Balaban J connectivity index is 2.76. The standard InChI is InChI=1S/C13H22N2O5/c1-5-19-10(16)8-9-11(17)14-6-7-15(9)12(18)20-13(2,3)4/h9H,5-8H2,1-4H3,(H,14,17)/t9-/m0/s1. The normalized spacial score (nSPS) is 19.3. The van der Waals surface area contributed by atoms with Crippen LogP contribution in [0.2, 0.25) is 0 Å². The van der Waals surface area contributed by atoms with Crippen molar-refractivity contribution in [3.8, 4) is 0 Å². The van der Waals surface area contributed by atoms with Crippen LogP contribution in [0.3, 0.4) is 0 Å². The van der Waals surface area contributed by atoms with Crippen LogP contribution in [-0.4, -0.2) is 54.2 Å². The number of rotatable bonds is 3. The van der Waals surface area contributed by atoms with Crippen molar-refractivity contribution in [2.24, 2.45) is 0 Å². The zero-order valence-electron chi connectivity index (χ0n) is 12.4. The molecule has 0 saturated carbocycles. The Morgan fingerprint density at radius 1 is 1.40 bits per heavy atom. The van der Waals surface area contributed by atoms with Gasteiger partial charge in [0.2, 0.25) is 5.91 Å². The average molecular weight is 286 g/mol. The molecular weight excluding hydrogens is 264 g/mol. The minimum Gasteiger partial charge on any atom is -0.466 e. The summed E-state index contributed by atoms with van der Waals surface area (Å²) in [6.07, 6.45) is -0.763. The number of hydrogen-bond donors (Lipinski definition) is 1. The molecule has 0 bridgehead atoms. The summed E-state index contributed by atoms with van der Waals surface area (Å²) in [6, 6.07) is -0.877. The molecule has 1 heterocycles. The summed E-state index contributed by atoms with van der Waals surface area (Å²) in [5, 5.41) is 2.63. The van der Waals surface area contributed by atoms with E-state index in [2.05, 4.69) is 5.32 Å². The molecule has 0 radical (unpaired) electrons. The van der Waals surface area contributed by atoms with E-state index < -0.39 is 23.7 Å². The number of hydrogen-bond acceptors (Lipinski definition) is 5. The van der Waals surface area contributed by atoms with Crippen LogP contribution in [0, 0.1) is 0 Å². The second-order valence-electron chi connectivity index (χ2n) is 5.49. The minimum atomic E-state index is -0.877. The number of esters is 1. The van der Waals surface area contributed by atoms with E-state index in [0.29, 0.717) is 13.1 Å². The predicted molar refractivity (Wildman–Crippen MR) is 71.0 cm³/mol. The first-order valence-electron chi connectivity index (χ1n) is 6.67. The monoisotopic (exact) mass is 286 g/mol. The summed E-state index contributed by atoms with van der Waals surface area (Å²) in [6.45, 7) is 7.81. The smallest absolute Gasteiger partial charge is 0.411 e. The molecular formula is C13H22N2O5. The van der Waals surface area contributed by atoms with Crippen molar-refractivity contribution in [2.75, 3.05) is 19.7 Å². The van der Waals surface area contributed by atoms with Gasteiger partial charge in [0.25, 0.3) is 0 Å². The van der Waals surface area contributed by atoms with Crippen LogP contribution in [0.5, 0.6) is 0 Å².